The molecule has 0 radical (unpaired) electrons. The van der Waals surface area contributed by atoms with Crippen molar-refractivity contribution >= 4 is 29.8 Å². The van der Waals surface area contributed by atoms with Crippen LogP contribution < -0.4 is 0 Å². The zero-order valence-electron chi connectivity index (χ0n) is 11.4. The molecule has 1 atom stereocenters. The second kappa shape index (κ2) is 14.5. The van der Waals surface area contributed by atoms with E-state index < -0.39 is 36.0 Å². The molecular weight excluding hydrogens is 308 g/mol. The number of aliphatic hydroxyl groups excluding tert-OH is 1. The molecule has 0 aliphatic heterocycles. The molecule has 0 amide bonds. The molecule has 126 valence electrons. The zero-order valence-corrected chi connectivity index (χ0v) is 11.4. The smallest absolute Gasteiger partial charge is 0.332 e. The maximum absolute atomic E-state index is 9.64. The average Bonchev–Trinajstić information content (AvgIpc) is 2.35. The van der Waals surface area contributed by atoms with Crippen LogP contribution in [-0.2, 0) is 24.0 Å². The van der Waals surface area contributed by atoms with Gasteiger partial charge >= 0.3 is 29.8 Å². The minimum atomic E-state index is -1.26. The number of aliphatic hydroxyl groups is 1. The first kappa shape index (κ1) is 24.1. The highest BCUT2D eigenvalue weighted by molar-refractivity contribution is 5.89. The summed E-state index contributed by atoms with van der Waals surface area (Å²) in [5.41, 5.74) is 0. The van der Waals surface area contributed by atoms with Crippen LogP contribution in [-0.4, -0.2) is 66.6 Å². The summed E-state index contributed by atoms with van der Waals surface area (Å²) >= 11 is 0. The fourth-order valence-corrected chi connectivity index (χ4v) is 0.356. The van der Waals surface area contributed by atoms with Gasteiger partial charge in [0.05, 0.1) is 12.8 Å². The molecule has 22 heavy (non-hydrogen) atoms. The molecule has 0 aliphatic carbocycles. The first-order valence-electron chi connectivity index (χ1n) is 5.38. The third-order valence-corrected chi connectivity index (χ3v) is 1.28. The van der Waals surface area contributed by atoms with E-state index in [0.29, 0.717) is 12.2 Å². The van der Waals surface area contributed by atoms with Crippen molar-refractivity contribution in [2.45, 2.75) is 25.9 Å². The number of hydrogen-bond donors (Lipinski definition) is 6. The van der Waals surface area contributed by atoms with E-state index in [9.17, 15) is 24.0 Å². The predicted octanol–water partition coefficient (Wildman–Crippen LogP) is -0.901. The highest BCUT2D eigenvalue weighted by Crippen LogP contribution is 1.86. The van der Waals surface area contributed by atoms with Crippen molar-refractivity contribution in [1.82, 2.24) is 0 Å². The van der Waals surface area contributed by atoms with E-state index in [0.717, 1.165) is 0 Å². The lowest BCUT2D eigenvalue weighted by molar-refractivity contribution is -0.145. The van der Waals surface area contributed by atoms with E-state index in [4.69, 9.17) is 30.6 Å². The first-order valence-corrected chi connectivity index (χ1v) is 5.38. The Balaban J connectivity index is -0.000000249. The van der Waals surface area contributed by atoms with Crippen LogP contribution in [0.2, 0.25) is 0 Å². The van der Waals surface area contributed by atoms with Gasteiger partial charge in [0.2, 0.25) is 0 Å². The zero-order chi connectivity index (χ0) is 18.3. The molecule has 0 rings (SSSR count). The van der Waals surface area contributed by atoms with Gasteiger partial charge in [-0.15, -0.1) is 0 Å². The lowest BCUT2D eigenvalue weighted by Gasteiger charge is -1.89. The Morgan fingerprint density at radius 3 is 1.09 bits per heavy atom. The summed E-state index contributed by atoms with van der Waals surface area (Å²) in [6, 6.07) is 0. The minimum Gasteiger partial charge on any atom is -0.481 e. The molecule has 0 fully saturated rings. The second-order valence-electron chi connectivity index (χ2n) is 3.31. The van der Waals surface area contributed by atoms with Gasteiger partial charge in [0.1, 0.15) is 6.10 Å². The second-order valence-corrected chi connectivity index (χ2v) is 3.31. The Bertz CT molecular complexity index is 392. The van der Waals surface area contributed by atoms with Gasteiger partial charge in [-0.05, 0) is 6.92 Å². The molecular formula is C11H16O11. The molecule has 0 aromatic heterocycles. The van der Waals surface area contributed by atoms with E-state index >= 15 is 0 Å². The summed E-state index contributed by atoms with van der Waals surface area (Å²) in [6.45, 7) is 1.20. The largest absolute Gasteiger partial charge is 0.481 e. The molecule has 0 heterocycles. The van der Waals surface area contributed by atoms with Gasteiger partial charge in [-0.25, -0.2) is 14.4 Å². The van der Waals surface area contributed by atoms with Crippen molar-refractivity contribution in [3.8, 4) is 0 Å². The van der Waals surface area contributed by atoms with Crippen LogP contribution in [0, 0.1) is 0 Å². The Labute approximate surface area is 123 Å². The standard InChI is InChI=1S/C4H6O4.C4H4O4.C3H6O3/c2*5-3(6)1-2-4(7)8;1-2(4)3(5)6/h1-2H2,(H,5,6)(H,7,8);1-2H,(H,5,6)(H,7,8);2,4H,1H3,(H,5,6). The normalized spacial score (nSPS) is 10.3. The molecule has 0 saturated carbocycles. The van der Waals surface area contributed by atoms with Crippen molar-refractivity contribution in [2.24, 2.45) is 0 Å². The molecule has 0 spiro atoms. The van der Waals surface area contributed by atoms with Crippen molar-refractivity contribution in [1.29, 1.82) is 0 Å². The van der Waals surface area contributed by atoms with Crippen LogP contribution in [0.25, 0.3) is 0 Å². The van der Waals surface area contributed by atoms with Gasteiger partial charge in [-0.1, -0.05) is 0 Å². The monoisotopic (exact) mass is 324 g/mol. The summed E-state index contributed by atoms with van der Waals surface area (Å²) in [7, 11) is 0. The molecule has 0 bridgehead atoms. The molecule has 11 nitrogen and oxygen atoms in total. The lowest BCUT2D eigenvalue weighted by Crippen LogP contribution is -2.13. The van der Waals surface area contributed by atoms with Crippen LogP contribution in [0.5, 0.6) is 0 Å². The van der Waals surface area contributed by atoms with Crippen molar-refractivity contribution in [3.05, 3.63) is 12.2 Å². The molecule has 11 heteroatoms. The molecule has 0 aromatic rings. The molecule has 0 saturated heterocycles. The fourth-order valence-electron chi connectivity index (χ4n) is 0.356. The molecule has 1 unspecified atom stereocenters. The molecule has 6 N–H and O–H groups in total. The van der Waals surface area contributed by atoms with E-state index in [2.05, 4.69) is 0 Å². The van der Waals surface area contributed by atoms with E-state index in [1.54, 1.807) is 0 Å². The summed E-state index contributed by atoms with van der Waals surface area (Å²) < 4.78 is 0. The van der Waals surface area contributed by atoms with Gasteiger partial charge in [0.25, 0.3) is 0 Å². The minimum absolute atomic E-state index is 0.296. The quantitative estimate of drug-likeness (QED) is 0.330. The predicted molar refractivity (Wildman–Crippen MR) is 68.2 cm³/mol. The summed E-state index contributed by atoms with van der Waals surface area (Å²) in [6.07, 6.45) is -0.708. The van der Waals surface area contributed by atoms with Gasteiger partial charge in [0.15, 0.2) is 0 Å². The number of rotatable bonds is 6. The van der Waals surface area contributed by atoms with Gasteiger partial charge in [-0.2, -0.15) is 0 Å². The summed E-state index contributed by atoms with van der Waals surface area (Å²) in [5, 5.41) is 47.2. The summed E-state index contributed by atoms with van der Waals surface area (Å²) in [5.74, 6) is -5.85. The number of hydrogen-bond acceptors (Lipinski definition) is 6. The van der Waals surface area contributed by atoms with Crippen molar-refractivity contribution < 1.29 is 54.6 Å². The summed E-state index contributed by atoms with van der Waals surface area (Å²) in [4.78, 5) is 47.8. The molecule has 0 aliphatic rings. The van der Waals surface area contributed by atoms with Crippen LogP contribution >= 0.6 is 0 Å². The topological polar surface area (TPSA) is 207 Å². The van der Waals surface area contributed by atoms with E-state index in [1.165, 1.54) is 6.92 Å². The van der Waals surface area contributed by atoms with E-state index in [1.807, 2.05) is 0 Å². The third-order valence-electron chi connectivity index (χ3n) is 1.28. The third kappa shape index (κ3) is 36.0. The number of carboxylic acid groups (broad SMARTS) is 5. The van der Waals surface area contributed by atoms with Gasteiger partial charge < -0.3 is 30.6 Å². The Morgan fingerprint density at radius 2 is 1.00 bits per heavy atom. The van der Waals surface area contributed by atoms with E-state index in [-0.39, 0.29) is 12.8 Å². The highest BCUT2D eigenvalue weighted by atomic mass is 16.4. The Morgan fingerprint density at radius 1 is 0.773 bits per heavy atom. The van der Waals surface area contributed by atoms with Crippen LogP contribution in [0.3, 0.4) is 0 Å². The maximum Gasteiger partial charge on any atom is 0.332 e. The van der Waals surface area contributed by atoms with Crippen molar-refractivity contribution in [2.75, 3.05) is 0 Å². The van der Waals surface area contributed by atoms with Crippen molar-refractivity contribution in [3.63, 3.8) is 0 Å². The Hall–Kier alpha value is -2.95. The van der Waals surface area contributed by atoms with Crippen LogP contribution in [0.15, 0.2) is 12.2 Å². The lowest BCUT2D eigenvalue weighted by atomic mass is 10.3. The number of carboxylic acids is 5. The van der Waals surface area contributed by atoms with Crippen LogP contribution in [0.4, 0.5) is 0 Å². The van der Waals surface area contributed by atoms with Crippen LogP contribution in [0.1, 0.15) is 19.8 Å². The average molecular weight is 324 g/mol. The maximum atomic E-state index is 9.64. The number of aliphatic carboxylic acids is 5. The van der Waals surface area contributed by atoms with Gasteiger partial charge in [0, 0.05) is 12.2 Å². The molecule has 0 aromatic carbocycles. The highest BCUT2D eigenvalue weighted by Gasteiger charge is 2.01. The first-order chi connectivity index (χ1) is 9.89. The van der Waals surface area contributed by atoms with Gasteiger partial charge in [-0.3, -0.25) is 9.59 Å². The fraction of sp³-hybridized carbons (Fsp3) is 0.364. The number of carbonyl (C=O) groups is 5. The SMILES string of the molecule is CC(O)C(=O)O.O=C(O)C=CC(=O)O.O=C(O)CCC(=O)O. The Kier molecular flexibility index (Phi) is 15.8.